The summed E-state index contributed by atoms with van der Waals surface area (Å²) in [5.74, 6) is 1.03. The molecule has 2 aromatic carbocycles. The van der Waals surface area contributed by atoms with Crippen LogP contribution in [0.15, 0.2) is 34.9 Å². The summed E-state index contributed by atoms with van der Waals surface area (Å²) < 4.78 is 35.9. The lowest BCUT2D eigenvalue weighted by Crippen LogP contribution is -2.18. The molecule has 0 amide bonds. The number of benzene rings is 2. The molecule has 0 saturated carbocycles. The molecule has 29 heavy (non-hydrogen) atoms. The van der Waals surface area contributed by atoms with Crippen molar-refractivity contribution in [2.75, 3.05) is 19.2 Å². The standard InChI is InChI=1S/C20H17FN4O4/c1-11-23-20(25-29-11)12-3-5-13(6-4-12)24-16(8-22)14-7-17(26-2)19-15(18(14)21)9-27-10-28-19/h3-7,16,24H,9-10H2,1-2H3. The van der Waals surface area contributed by atoms with Gasteiger partial charge in [-0.3, -0.25) is 0 Å². The fourth-order valence-corrected chi connectivity index (χ4v) is 3.06. The van der Waals surface area contributed by atoms with E-state index >= 15 is 4.39 Å². The highest BCUT2D eigenvalue weighted by Gasteiger charge is 2.27. The monoisotopic (exact) mass is 396 g/mol. The van der Waals surface area contributed by atoms with Crippen molar-refractivity contribution in [3.8, 4) is 29.0 Å². The maximum Gasteiger partial charge on any atom is 0.223 e. The minimum Gasteiger partial charge on any atom is -0.493 e. The van der Waals surface area contributed by atoms with Gasteiger partial charge in [0, 0.05) is 23.7 Å². The third kappa shape index (κ3) is 3.58. The summed E-state index contributed by atoms with van der Waals surface area (Å²) in [4.78, 5) is 4.17. The minimum atomic E-state index is -0.950. The van der Waals surface area contributed by atoms with Gasteiger partial charge < -0.3 is 24.1 Å². The van der Waals surface area contributed by atoms with E-state index in [1.54, 1.807) is 31.2 Å². The number of methoxy groups -OCH3 is 1. The van der Waals surface area contributed by atoms with Gasteiger partial charge in [0.1, 0.15) is 11.9 Å². The lowest BCUT2D eigenvalue weighted by molar-refractivity contribution is -0.0200. The van der Waals surface area contributed by atoms with Crippen LogP contribution < -0.4 is 14.8 Å². The van der Waals surface area contributed by atoms with Crippen molar-refractivity contribution in [1.82, 2.24) is 10.1 Å². The summed E-state index contributed by atoms with van der Waals surface area (Å²) in [6.07, 6.45) is 0. The van der Waals surface area contributed by atoms with E-state index in [1.165, 1.54) is 13.2 Å². The Bertz CT molecular complexity index is 1080. The number of fused-ring (bicyclic) bond motifs is 1. The highest BCUT2D eigenvalue weighted by molar-refractivity contribution is 5.61. The van der Waals surface area contributed by atoms with Gasteiger partial charge >= 0.3 is 0 Å². The van der Waals surface area contributed by atoms with Gasteiger partial charge in [-0.15, -0.1) is 0 Å². The first-order valence-electron chi connectivity index (χ1n) is 8.77. The van der Waals surface area contributed by atoms with E-state index in [0.717, 1.165) is 5.56 Å². The fourth-order valence-electron chi connectivity index (χ4n) is 3.06. The molecule has 9 heteroatoms. The Morgan fingerprint density at radius 2 is 2.10 bits per heavy atom. The molecule has 0 saturated heterocycles. The zero-order valence-corrected chi connectivity index (χ0v) is 15.7. The van der Waals surface area contributed by atoms with Crippen LogP contribution in [0.1, 0.15) is 23.1 Å². The van der Waals surface area contributed by atoms with Crippen LogP contribution in [0, 0.1) is 24.1 Å². The molecule has 1 N–H and O–H groups in total. The predicted molar refractivity (Wildman–Crippen MR) is 99.7 cm³/mol. The summed E-state index contributed by atoms with van der Waals surface area (Å²) in [5.41, 5.74) is 1.77. The number of rotatable bonds is 5. The van der Waals surface area contributed by atoms with Crippen molar-refractivity contribution < 1.29 is 23.1 Å². The summed E-state index contributed by atoms with van der Waals surface area (Å²) in [6.45, 7) is 1.78. The molecule has 148 valence electrons. The summed E-state index contributed by atoms with van der Waals surface area (Å²) in [5, 5.41) is 16.5. The fraction of sp³-hybridized carbons (Fsp3) is 0.250. The number of halogens is 1. The third-order valence-electron chi connectivity index (χ3n) is 4.48. The third-order valence-corrected chi connectivity index (χ3v) is 4.48. The number of aryl methyl sites for hydroxylation is 1. The van der Waals surface area contributed by atoms with Gasteiger partial charge in [-0.1, -0.05) is 5.16 Å². The van der Waals surface area contributed by atoms with Crippen LogP contribution in [0.4, 0.5) is 10.1 Å². The molecule has 4 rings (SSSR count). The van der Waals surface area contributed by atoms with Crippen LogP contribution in [0.5, 0.6) is 11.5 Å². The van der Waals surface area contributed by atoms with Crippen molar-refractivity contribution in [2.45, 2.75) is 19.6 Å². The average molecular weight is 396 g/mol. The summed E-state index contributed by atoms with van der Waals surface area (Å²) in [6, 6.07) is 9.69. The molecule has 1 unspecified atom stereocenters. The van der Waals surface area contributed by atoms with E-state index in [2.05, 4.69) is 21.5 Å². The number of hydrogen-bond donors (Lipinski definition) is 1. The zero-order valence-electron chi connectivity index (χ0n) is 15.7. The van der Waals surface area contributed by atoms with Gasteiger partial charge in [0.05, 0.1) is 25.3 Å². The minimum absolute atomic E-state index is 0.0221. The van der Waals surface area contributed by atoms with E-state index in [-0.39, 0.29) is 24.5 Å². The van der Waals surface area contributed by atoms with Crippen LogP contribution in [-0.2, 0) is 11.3 Å². The molecular weight excluding hydrogens is 379 g/mol. The van der Waals surface area contributed by atoms with Gasteiger partial charge in [-0.05, 0) is 30.3 Å². The number of nitrogens with one attached hydrogen (secondary N) is 1. The zero-order chi connectivity index (χ0) is 20.4. The highest BCUT2D eigenvalue weighted by Crippen LogP contribution is 2.40. The van der Waals surface area contributed by atoms with E-state index < -0.39 is 11.9 Å². The van der Waals surface area contributed by atoms with E-state index in [9.17, 15) is 5.26 Å². The quantitative estimate of drug-likeness (QED) is 0.696. The molecule has 1 aliphatic heterocycles. The Balaban J connectivity index is 1.62. The first-order valence-corrected chi connectivity index (χ1v) is 8.77. The molecule has 0 bridgehead atoms. The largest absolute Gasteiger partial charge is 0.493 e. The predicted octanol–water partition coefficient (Wildman–Crippen LogP) is 3.74. The molecule has 3 aromatic rings. The summed E-state index contributed by atoms with van der Waals surface area (Å²) >= 11 is 0. The number of nitriles is 1. The Morgan fingerprint density at radius 1 is 1.31 bits per heavy atom. The van der Waals surface area contributed by atoms with Crippen molar-refractivity contribution in [2.24, 2.45) is 0 Å². The van der Waals surface area contributed by atoms with E-state index in [0.29, 0.717) is 28.9 Å². The number of nitrogens with zero attached hydrogens (tertiary/aromatic N) is 3. The molecule has 0 aliphatic carbocycles. The van der Waals surface area contributed by atoms with Crippen molar-refractivity contribution in [3.63, 3.8) is 0 Å². The lowest BCUT2D eigenvalue weighted by atomic mass is 10.0. The topological polar surface area (TPSA) is 102 Å². The maximum absolute atomic E-state index is 15.1. The van der Waals surface area contributed by atoms with Crippen molar-refractivity contribution in [3.05, 3.63) is 53.2 Å². The second kappa shape index (κ2) is 7.77. The molecule has 1 aliphatic rings. The number of anilines is 1. The number of hydrogen-bond acceptors (Lipinski definition) is 8. The summed E-state index contributed by atoms with van der Waals surface area (Å²) in [7, 11) is 1.46. The SMILES string of the molecule is COc1cc(C(C#N)Nc2ccc(-c3noc(C)n3)cc2)c(F)c2c1OCOC2. The first-order chi connectivity index (χ1) is 14.1. The van der Waals surface area contributed by atoms with E-state index in [1.807, 2.05) is 0 Å². The molecule has 1 aromatic heterocycles. The van der Waals surface area contributed by atoms with Gasteiger partial charge in [0.2, 0.25) is 11.7 Å². The van der Waals surface area contributed by atoms with Crippen LogP contribution in [-0.4, -0.2) is 24.0 Å². The van der Waals surface area contributed by atoms with Gasteiger partial charge in [-0.2, -0.15) is 10.2 Å². The van der Waals surface area contributed by atoms with Crippen LogP contribution >= 0.6 is 0 Å². The van der Waals surface area contributed by atoms with E-state index in [4.69, 9.17) is 18.7 Å². The molecule has 2 heterocycles. The number of ether oxygens (including phenoxy) is 3. The number of aromatic nitrogens is 2. The molecular formula is C20H17FN4O4. The Hall–Kier alpha value is -3.64. The second-order valence-corrected chi connectivity index (χ2v) is 6.32. The first kappa shape index (κ1) is 18.7. The normalized spacial score (nSPS) is 13.7. The highest BCUT2D eigenvalue weighted by atomic mass is 19.1. The van der Waals surface area contributed by atoms with Gasteiger partial charge in [0.15, 0.2) is 18.3 Å². The maximum atomic E-state index is 15.1. The van der Waals surface area contributed by atoms with Crippen LogP contribution in [0.3, 0.4) is 0 Å². The Kier molecular flexibility index (Phi) is 5.01. The molecule has 0 radical (unpaired) electrons. The Labute approximate surface area is 165 Å². The molecule has 0 spiro atoms. The van der Waals surface area contributed by atoms with Gasteiger partial charge in [-0.25, -0.2) is 4.39 Å². The Morgan fingerprint density at radius 3 is 2.76 bits per heavy atom. The second-order valence-electron chi connectivity index (χ2n) is 6.32. The van der Waals surface area contributed by atoms with Crippen molar-refractivity contribution >= 4 is 5.69 Å². The van der Waals surface area contributed by atoms with Crippen LogP contribution in [0.25, 0.3) is 11.4 Å². The molecule has 0 fully saturated rings. The molecule has 8 nitrogen and oxygen atoms in total. The van der Waals surface area contributed by atoms with Crippen molar-refractivity contribution in [1.29, 1.82) is 5.26 Å². The van der Waals surface area contributed by atoms with Crippen LogP contribution in [0.2, 0.25) is 0 Å². The smallest absolute Gasteiger partial charge is 0.223 e. The molecule has 1 atom stereocenters. The van der Waals surface area contributed by atoms with Gasteiger partial charge in [0.25, 0.3) is 0 Å². The lowest BCUT2D eigenvalue weighted by Gasteiger charge is -2.23. The average Bonchev–Trinajstić information content (AvgIpc) is 3.19.